The zero-order valence-corrected chi connectivity index (χ0v) is 22.5. The van der Waals surface area contributed by atoms with Crippen molar-refractivity contribution < 1.29 is 4.74 Å². The van der Waals surface area contributed by atoms with Crippen molar-refractivity contribution in [3.63, 3.8) is 0 Å². The van der Waals surface area contributed by atoms with Gasteiger partial charge in [0.05, 0.1) is 6.61 Å². The fourth-order valence-electron chi connectivity index (χ4n) is 3.16. The monoisotopic (exact) mass is 642 g/mol. The van der Waals surface area contributed by atoms with Gasteiger partial charge in [-0.25, -0.2) is 0 Å². The van der Waals surface area contributed by atoms with Gasteiger partial charge >= 0.3 is 0 Å². The highest BCUT2D eigenvalue weighted by atomic mass is 79.9. The summed E-state index contributed by atoms with van der Waals surface area (Å²) < 4.78 is 10.2. The van der Waals surface area contributed by atoms with Crippen molar-refractivity contribution in [2.75, 3.05) is 6.61 Å². The second kappa shape index (κ2) is 11.1. The quantitative estimate of drug-likeness (QED) is 0.222. The Morgan fingerprint density at radius 2 is 1.24 bits per heavy atom. The molecule has 0 saturated carbocycles. The zero-order valence-electron chi connectivity index (χ0n) is 16.2. The minimum atomic E-state index is 0.757. The molecule has 0 radical (unpaired) electrons. The lowest BCUT2D eigenvalue weighted by Gasteiger charge is -2.15. The molecule has 0 aliphatic carbocycles. The summed E-state index contributed by atoms with van der Waals surface area (Å²) >= 11 is 14.9. The highest BCUT2D eigenvalue weighted by Crippen LogP contribution is 2.42. The lowest BCUT2D eigenvalue weighted by Crippen LogP contribution is -1.97. The maximum Gasteiger partial charge on any atom is 0.119 e. The predicted molar refractivity (Wildman–Crippen MR) is 138 cm³/mol. The minimum absolute atomic E-state index is 0.757. The average Bonchev–Trinajstić information content (AvgIpc) is 2.71. The fraction of sp³-hybridized carbons (Fsp3) is 0.250. The van der Waals surface area contributed by atoms with E-state index in [0.717, 1.165) is 58.9 Å². The number of hydrogen-bond acceptors (Lipinski definition) is 1. The molecule has 0 N–H and O–H groups in total. The van der Waals surface area contributed by atoms with Crippen molar-refractivity contribution in [3.05, 3.63) is 72.5 Å². The van der Waals surface area contributed by atoms with E-state index in [1.165, 1.54) is 19.3 Å². The Kier molecular flexibility index (Phi) is 8.85. The first-order chi connectivity index (χ1) is 14.0. The van der Waals surface area contributed by atoms with Crippen LogP contribution in [0.25, 0.3) is 22.3 Å². The van der Waals surface area contributed by atoms with E-state index in [9.17, 15) is 0 Å². The SMILES string of the molecule is CCCCCCOc1ccc(Br)c(-c2cc(Br)c(-c3ccccc3Br)cc2Br)c1. The van der Waals surface area contributed by atoms with E-state index >= 15 is 0 Å². The maximum atomic E-state index is 5.99. The van der Waals surface area contributed by atoms with Crippen LogP contribution in [0.5, 0.6) is 5.75 Å². The Labute approximate surface area is 206 Å². The maximum absolute atomic E-state index is 5.99. The summed E-state index contributed by atoms with van der Waals surface area (Å²) in [6.07, 6.45) is 4.81. The Bertz CT molecular complexity index is 985. The van der Waals surface area contributed by atoms with Gasteiger partial charge in [-0.2, -0.15) is 0 Å². The molecule has 0 heterocycles. The van der Waals surface area contributed by atoms with Crippen LogP contribution in [-0.4, -0.2) is 6.61 Å². The molecule has 5 heteroatoms. The first-order valence-corrected chi connectivity index (χ1v) is 12.8. The van der Waals surface area contributed by atoms with Crippen LogP contribution in [-0.2, 0) is 0 Å². The predicted octanol–water partition coefficient (Wildman–Crippen LogP) is 10.0. The minimum Gasteiger partial charge on any atom is -0.494 e. The summed E-state index contributed by atoms with van der Waals surface area (Å²) in [6.45, 7) is 2.98. The van der Waals surface area contributed by atoms with Crippen LogP contribution in [0.1, 0.15) is 32.6 Å². The molecule has 152 valence electrons. The summed E-state index contributed by atoms with van der Waals surface area (Å²) in [5, 5.41) is 0. The van der Waals surface area contributed by atoms with Crippen LogP contribution < -0.4 is 4.74 Å². The molecule has 0 unspecified atom stereocenters. The third-order valence-corrected chi connectivity index (χ3v) is 7.41. The molecule has 0 aliphatic heterocycles. The van der Waals surface area contributed by atoms with Crippen molar-refractivity contribution in [2.24, 2.45) is 0 Å². The van der Waals surface area contributed by atoms with Crippen molar-refractivity contribution in [1.29, 1.82) is 0 Å². The van der Waals surface area contributed by atoms with Gasteiger partial charge in [0, 0.05) is 23.5 Å². The zero-order chi connectivity index (χ0) is 20.8. The van der Waals surface area contributed by atoms with E-state index in [-0.39, 0.29) is 0 Å². The van der Waals surface area contributed by atoms with Gasteiger partial charge in [0.15, 0.2) is 0 Å². The van der Waals surface area contributed by atoms with E-state index in [1.807, 2.05) is 18.2 Å². The van der Waals surface area contributed by atoms with E-state index in [0.29, 0.717) is 0 Å². The topological polar surface area (TPSA) is 9.23 Å². The molecule has 0 spiro atoms. The van der Waals surface area contributed by atoms with Gasteiger partial charge in [0.1, 0.15) is 5.75 Å². The number of rotatable bonds is 8. The fourth-order valence-corrected chi connectivity index (χ4v) is 5.23. The number of hydrogen-bond donors (Lipinski definition) is 0. The molecule has 3 aromatic rings. The lowest BCUT2D eigenvalue weighted by molar-refractivity contribution is 0.305. The van der Waals surface area contributed by atoms with E-state index in [1.54, 1.807) is 0 Å². The number of ether oxygens (including phenoxy) is 1. The van der Waals surface area contributed by atoms with Crippen LogP contribution >= 0.6 is 63.7 Å². The summed E-state index contributed by atoms with van der Waals surface area (Å²) in [7, 11) is 0. The lowest BCUT2D eigenvalue weighted by atomic mass is 10.00. The molecule has 0 aromatic heterocycles. The van der Waals surface area contributed by atoms with Crippen LogP contribution in [0.3, 0.4) is 0 Å². The molecular weight excluding hydrogens is 624 g/mol. The molecule has 3 aromatic carbocycles. The van der Waals surface area contributed by atoms with Gasteiger partial charge < -0.3 is 4.74 Å². The molecule has 0 saturated heterocycles. The Morgan fingerprint density at radius 3 is 1.93 bits per heavy atom. The Hall–Kier alpha value is -0.620. The van der Waals surface area contributed by atoms with Crippen molar-refractivity contribution in [2.45, 2.75) is 32.6 Å². The van der Waals surface area contributed by atoms with E-state index in [2.05, 4.69) is 107 Å². The van der Waals surface area contributed by atoms with Crippen molar-refractivity contribution in [3.8, 4) is 28.0 Å². The Balaban J connectivity index is 1.89. The van der Waals surface area contributed by atoms with Gasteiger partial charge in [-0.1, -0.05) is 108 Å². The van der Waals surface area contributed by atoms with E-state index < -0.39 is 0 Å². The standard InChI is InChI=1S/C24H22Br4O/c1-2-3-4-7-12-29-16-10-11-22(26)18(13-16)20-15-23(27)19(14-24(20)28)17-8-5-6-9-21(17)25/h5-6,8-11,13-15H,2-4,7,12H2,1H3. The summed E-state index contributed by atoms with van der Waals surface area (Å²) in [6, 6.07) is 18.7. The third-order valence-electron chi connectivity index (χ3n) is 4.72. The second-order valence-corrected chi connectivity index (χ2v) is 10.3. The highest BCUT2D eigenvalue weighted by molar-refractivity contribution is 9.11. The molecule has 1 nitrogen and oxygen atoms in total. The van der Waals surface area contributed by atoms with Crippen LogP contribution in [0.4, 0.5) is 0 Å². The first kappa shape index (κ1) is 23.1. The van der Waals surface area contributed by atoms with Gasteiger partial charge in [-0.15, -0.1) is 0 Å². The highest BCUT2D eigenvalue weighted by Gasteiger charge is 2.14. The summed E-state index contributed by atoms with van der Waals surface area (Å²) in [5.41, 5.74) is 4.49. The molecule has 0 amide bonds. The Morgan fingerprint density at radius 1 is 0.621 bits per heavy atom. The van der Waals surface area contributed by atoms with Gasteiger partial charge in [-0.05, 0) is 59.5 Å². The number of benzene rings is 3. The molecular formula is C24H22Br4O. The normalized spacial score (nSPS) is 10.9. The molecule has 0 aliphatic rings. The van der Waals surface area contributed by atoms with Gasteiger partial charge in [0.2, 0.25) is 0 Å². The number of halogens is 4. The van der Waals surface area contributed by atoms with Crippen molar-refractivity contribution in [1.82, 2.24) is 0 Å². The average molecular weight is 646 g/mol. The largest absolute Gasteiger partial charge is 0.494 e. The van der Waals surface area contributed by atoms with E-state index in [4.69, 9.17) is 4.74 Å². The molecule has 3 rings (SSSR count). The second-order valence-electron chi connectivity index (χ2n) is 6.84. The summed E-state index contributed by atoms with van der Waals surface area (Å²) in [5.74, 6) is 0.901. The summed E-state index contributed by atoms with van der Waals surface area (Å²) in [4.78, 5) is 0. The molecule has 29 heavy (non-hydrogen) atoms. The van der Waals surface area contributed by atoms with Crippen molar-refractivity contribution >= 4 is 63.7 Å². The number of unbranched alkanes of at least 4 members (excludes halogenated alkanes) is 3. The van der Waals surface area contributed by atoms with Gasteiger partial charge in [0.25, 0.3) is 0 Å². The third kappa shape index (κ3) is 5.96. The smallest absolute Gasteiger partial charge is 0.119 e. The van der Waals surface area contributed by atoms with Crippen LogP contribution in [0.2, 0.25) is 0 Å². The molecule has 0 fully saturated rings. The van der Waals surface area contributed by atoms with Crippen LogP contribution in [0.15, 0.2) is 72.5 Å². The first-order valence-electron chi connectivity index (χ1n) is 9.68. The van der Waals surface area contributed by atoms with Crippen LogP contribution in [0, 0.1) is 0 Å². The molecule has 0 atom stereocenters. The van der Waals surface area contributed by atoms with Gasteiger partial charge in [-0.3, -0.25) is 0 Å². The molecule has 0 bridgehead atoms.